The quantitative estimate of drug-likeness (QED) is 0.631. The van der Waals surface area contributed by atoms with E-state index in [2.05, 4.69) is 20.9 Å². The first-order valence-electron chi connectivity index (χ1n) is 6.80. The molecule has 0 radical (unpaired) electrons. The van der Waals surface area contributed by atoms with Crippen LogP contribution in [0.5, 0.6) is 0 Å². The lowest BCUT2D eigenvalue weighted by atomic mass is 10.2. The van der Waals surface area contributed by atoms with Crippen LogP contribution in [0.2, 0.25) is 5.02 Å². The summed E-state index contributed by atoms with van der Waals surface area (Å²) in [6.07, 6.45) is 0. The summed E-state index contributed by atoms with van der Waals surface area (Å²) in [7, 11) is 3.85. The van der Waals surface area contributed by atoms with Crippen LogP contribution < -0.4 is 10.5 Å². The Morgan fingerprint density at radius 3 is 2.65 bits per heavy atom. The molecule has 0 aliphatic heterocycles. The van der Waals surface area contributed by atoms with Gasteiger partial charge in [0.25, 0.3) is 5.56 Å². The molecule has 0 bridgehead atoms. The lowest BCUT2D eigenvalue weighted by Crippen LogP contribution is -2.21. The Balaban J connectivity index is 2.37. The van der Waals surface area contributed by atoms with Crippen molar-refractivity contribution in [1.29, 1.82) is 0 Å². The highest BCUT2D eigenvalue weighted by molar-refractivity contribution is 9.10. The number of hydrogen-bond donors (Lipinski definition) is 1. The third-order valence-corrected chi connectivity index (χ3v) is 4.64. The van der Waals surface area contributed by atoms with Gasteiger partial charge in [-0.25, -0.2) is 0 Å². The van der Waals surface area contributed by atoms with E-state index >= 15 is 0 Å². The van der Waals surface area contributed by atoms with Gasteiger partial charge in [-0.3, -0.25) is 9.36 Å². The fraction of sp³-hybridized carbons (Fsp3) is 0.125. The third kappa shape index (κ3) is 2.94. The first kappa shape index (κ1) is 16.2. The van der Waals surface area contributed by atoms with Crippen LogP contribution in [0.4, 0.5) is 5.69 Å². The molecule has 0 fully saturated rings. The smallest absolute Gasteiger partial charge is 0.266 e. The second-order valence-electron chi connectivity index (χ2n) is 5.29. The number of nitrogens with zero attached hydrogens (tertiary/aromatic N) is 2. The third-order valence-electron chi connectivity index (χ3n) is 3.55. The molecule has 118 valence electrons. The molecular formula is C16H13BrClN3OS. The first-order chi connectivity index (χ1) is 10.9. The van der Waals surface area contributed by atoms with E-state index < -0.39 is 0 Å². The van der Waals surface area contributed by atoms with E-state index in [-0.39, 0.29) is 5.56 Å². The standard InChI is InChI=1S/C16H13BrClN3OS/c1-20(2)10-4-6-12(18)14(8-10)21-15(22)11-5-3-9(17)7-13(11)19-16(21)23/h3-8H,1-2H3,(H,19,23). The van der Waals surface area contributed by atoms with Crippen LogP contribution >= 0.6 is 39.7 Å². The lowest BCUT2D eigenvalue weighted by Gasteiger charge is -2.16. The number of halogens is 2. The summed E-state index contributed by atoms with van der Waals surface area (Å²) in [6.45, 7) is 0. The monoisotopic (exact) mass is 409 g/mol. The van der Waals surface area contributed by atoms with Crippen molar-refractivity contribution in [1.82, 2.24) is 9.55 Å². The van der Waals surface area contributed by atoms with Crippen molar-refractivity contribution in [3.8, 4) is 5.69 Å². The Morgan fingerprint density at radius 2 is 1.96 bits per heavy atom. The summed E-state index contributed by atoms with van der Waals surface area (Å²) in [6, 6.07) is 10.9. The van der Waals surface area contributed by atoms with E-state index in [4.69, 9.17) is 23.8 Å². The largest absolute Gasteiger partial charge is 0.378 e. The van der Waals surface area contributed by atoms with Crippen LogP contribution in [-0.4, -0.2) is 23.6 Å². The highest BCUT2D eigenvalue weighted by Gasteiger charge is 2.12. The number of fused-ring (bicyclic) bond motifs is 1. The van der Waals surface area contributed by atoms with E-state index in [0.29, 0.717) is 26.4 Å². The van der Waals surface area contributed by atoms with Crippen molar-refractivity contribution >= 4 is 56.3 Å². The van der Waals surface area contributed by atoms with Gasteiger partial charge in [-0.15, -0.1) is 0 Å². The van der Waals surface area contributed by atoms with Gasteiger partial charge < -0.3 is 9.88 Å². The van der Waals surface area contributed by atoms with Crippen LogP contribution in [-0.2, 0) is 0 Å². The molecular weight excluding hydrogens is 398 g/mol. The Bertz CT molecular complexity index is 1030. The van der Waals surface area contributed by atoms with Gasteiger partial charge in [-0.2, -0.15) is 0 Å². The maximum absolute atomic E-state index is 12.9. The van der Waals surface area contributed by atoms with Crippen molar-refractivity contribution in [2.75, 3.05) is 19.0 Å². The Morgan fingerprint density at radius 1 is 1.22 bits per heavy atom. The number of rotatable bonds is 2. The van der Waals surface area contributed by atoms with Crippen molar-refractivity contribution < 1.29 is 0 Å². The molecule has 0 amide bonds. The van der Waals surface area contributed by atoms with Gasteiger partial charge >= 0.3 is 0 Å². The minimum atomic E-state index is -0.200. The Hall–Kier alpha value is -1.63. The minimum Gasteiger partial charge on any atom is -0.378 e. The Kier molecular flexibility index (Phi) is 4.31. The number of benzene rings is 2. The molecule has 7 heteroatoms. The van der Waals surface area contributed by atoms with E-state index in [1.54, 1.807) is 12.1 Å². The molecule has 3 aromatic rings. The summed E-state index contributed by atoms with van der Waals surface area (Å²) >= 11 is 15.1. The summed E-state index contributed by atoms with van der Waals surface area (Å²) in [4.78, 5) is 17.9. The van der Waals surface area contributed by atoms with Gasteiger partial charge in [0.15, 0.2) is 4.77 Å². The zero-order valence-corrected chi connectivity index (χ0v) is 15.6. The number of aromatic amines is 1. The van der Waals surface area contributed by atoms with Gasteiger partial charge in [0.05, 0.1) is 21.6 Å². The molecule has 0 unspecified atom stereocenters. The molecule has 23 heavy (non-hydrogen) atoms. The maximum atomic E-state index is 12.9. The molecule has 0 spiro atoms. The number of aromatic nitrogens is 2. The van der Waals surface area contributed by atoms with Gasteiger partial charge in [-0.1, -0.05) is 27.5 Å². The number of H-pyrrole nitrogens is 1. The molecule has 0 atom stereocenters. The molecule has 1 aromatic heterocycles. The molecule has 0 saturated heterocycles. The maximum Gasteiger partial charge on any atom is 0.266 e. The fourth-order valence-corrected chi connectivity index (χ4v) is 3.21. The average Bonchev–Trinajstić information content (AvgIpc) is 2.48. The van der Waals surface area contributed by atoms with Crippen molar-refractivity contribution in [2.45, 2.75) is 0 Å². The highest BCUT2D eigenvalue weighted by Crippen LogP contribution is 2.25. The molecule has 1 heterocycles. The summed E-state index contributed by atoms with van der Waals surface area (Å²) in [5, 5.41) is 1.02. The van der Waals surface area contributed by atoms with Crippen LogP contribution in [0.15, 0.2) is 45.7 Å². The first-order valence-corrected chi connectivity index (χ1v) is 8.38. The van der Waals surface area contributed by atoms with Gasteiger partial charge in [-0.05, 0) is 48.6 Å². The lowest BCUT2D eigenvalue weighted by molar-refractivity contribution is 0.938. The van der Waals surface area contributed by atoms with Gasteiger partial charge in [0, 0.05) is 24.3 Å². The molecule has 0 aliphatic rings. The zero-order valence-electron chi connectivity index (χ0n) is 12.4. The topological polar surface area (TPSA) is 41.0 Å². The number of hydrogen-bond acceptors (Lipinski definition) is 3. The summed E-state index contributed by atoms with van der Waals surface area (Å²) in [5.74, 6) is 0. The van der Waals surface area contributed by atoms with E-state index in [1.807, 2.05) is 43.3 Å². The molecule has 0 aliphatic carbocycles. The van der Waals surface area contributed by atoms with Crippen LogP contribution in [0, 0.1) is 4.77 Å². The predicted octanol–water partition coefficient (Wildman–Crippen LogP) is 4.53. The number of nitrogens with one attached hydrogen (secondary N) is 1. The minimum absolute atomic E-state index is 0.200. The van der Waals surface area contributed by atoms with Gasteiger partial charge in [0.2, 0.25) is 0 Å². The van der Waals surface area contributed by atoms with E-state index in [1.165, 1.54) is 4.57 Å². The molecule has 1 N–H and O–H groups in total. The molecule has 0 saturated carbocycles. The van der Waals surface area contributed by atoms with Crippen LogP contribution in [0.25, 0.3) is 16.6 Å². The van der Waals surface area contributed by atoms with Gasteiger partial charge in [0.1, 0.15) is 0 Å². The van der Waals surface area contributed by atoms with E-state index in [0.717, 1.165) is 10.2 Å². The summed E-state index contributed by atoms with van der Waals surface area (Å²) in [5.41, 5.74) is 1.98. The number of anilines is 1. The second-order valence-corrected chi connectivity index (χ2v) is 7.00. The molecule has 2 aromatic carbocycles. The van der Waals surface area contributed by atoms with Crippen LogP contribution in [0.3, 0.4) is 0 Å². The SMILES string of the molecule is CN(C)c1ccc(Cl)c(-n2c(=S)[nH]c3cc(Br)ccc3c2=O)c1. The van der Waals surface area contributed by atoms with Crippen LogP contribution in [0.1, 0.15) is 0 Å². The predicted molar refractivity (Wildman–Crippen MR) is 102 cm³/mol. The van der Waals surface area contributed by atoms with Crippen molar-refractivity contribution in [3.63, 3.8) is 0 Å². The Labute approximate surface area is 151 Å². The highest BCUT2D eigenvalue weighted by atomic mass is 79.9. The summed E-state index contributed by atoms with van der Waals surface area (Å²) < 4.78 is 2.61. The molecule has 4 nitrogen and oxygen atoms in total. The zero-order chi connectivity index (χ0) is 16.7. The second kappa shape index (κ2) is 6.11. The van der Waals surface area contributed by atoms with Crippen molar-refractivity contribution in [3.05, 3.63) is 61.0 Å². The normalized spacial score (nSPS) is 11.0. The van der Waals surface area contributed by atoms with E-state index in [9.17, 15) is 4.79 Å². The fourth-order valence-electron chi connectivity index (χ4n) is 2.36. The van der Waals surface area contributed by atoms with Crippen molar-refractivity contribution in [2.24, 2.45) is 0 Å². The average molecular weight is 411 g/mol. The molecule has 3 rings (SSSR count).